The molecule has 1 unspecified atom stereocenters. The van der Waals surface area contributed by atoms with E-state index in [4.69, 9.17) is 4.42 Å². The predicted octanol–water partition coefficient (Wildman–Crippen LogP) is 3.85. The van der Waals surface area contributed by atoms with Gasteiger partial charge in [-0.1, -0.05) is 25.5 Å². The smallest absolute Gasteiger partial charge is 0.108 e. The van der Waals surface area contributed by atoms with Gasteiger partial charge in [0.15, 0.2) is 0 Å². The van der Waals surface area contributed by atoms with Crippen LogP contribution in [0.15, 0.2) is 28.4 Å². The quantitative estimate of drug-likeness (QED) is 0.738. The van der Waals surface area contributed by atoms with Gasteiger partial charge < -0.3 is 9.73 Å². The molecule has 1 heterocycles. The molecule has 1 N–H and O–H groups in total. The number of aryl methyl sites for hydroxylation is 1. The van der Waals surface area contributed by atoms with Crippen LogP contribution in [0.1, 0.15) is 51.5 Å². The van der Waals surface area contributed by atoms with Gasteiger partial charge in [0.2, 0.25) is 0 Å². The minimum Gasteiger partial charge on any atom is -0.469 e. The second-order valence-electron chi connectivity index (χ2n) is 4.33. The molecule has 0 spiro atoms. The molecule has 0 saturated heterocycles. The normalized spacial score (nSPS) is 12.5. The number of rotatable bonds is 6. The van der Waals surface area contributed by atoms with E-state index >= 15 is 0 Å². The monoisotopic (exact) mass is 221 g/mol. The lowest BCUT2D eigenvalue weighted by Crippen LogP contribution is -2.21. The molecule has 90 valence electrons. The molecular weight excluding hydrogens is 198 g/mol. The Morgan fingerprint density at radius 1 is 1.44 bits per heavy atom. The van der Waals surface area contributed by atoms with Crippen LogP contribution < -0.4 is 5.32 Å². The van der Waals surface area contributed by atoms with Gasteiger partial charge in [-0.05, 0) is 32.9 Å². The average molecular weight is 221 g/mol. The van der Waals surface area contributed by atoms with E-state index in [1.165, 1.54) is 11.1 Å². The number of allylic oxidation sites excluding steroid dienone is 1. The third-order valence-electron chi connectivity index (χ3n) is 2.55. The molecule has 0 bridgehead atoms. The van der Waals surface area contributed by atoms with Crippen molar-refractivity contribution < 1.29 is 4.42 Å². The van der Waals surface area contributed by atoms with Crippen molar-refractivity contribution in [3.8, 4) is 0 Å². The maximum atomic E-state index is 5.49. The molecule has 1 atom stereocenters. The maximum absolute atomic E-state index is 5.49. The van der Waals surface area contributed by atoms with E-state index in [1.54, 1.807) is 6.26 Å². The van der Waals surface area contributed by atoms with Crippen LogP contribution in [0.25, 0.3) is 0 Å². The van der Waals surface area contributed by atoms with E-state index in [-0.39, 0.29) is 0 Å². The van der Waals surface area contributed by atoms with E-state index in [1.807, 2.05) is 0 Å². The van der Waals surface area contributed by atoms with E-state index < -0.39 is 0 Å². The lowest BCUT2D eigenvalue weighted by molar-refractivity contribution is 0.501. The Balaban J connectivity index is 2.87. The molecule has 0 fully saturated rings. The minimum absolute atomic E-state index is 0.290. The largest absolute Gasteiger partial charge is 0.469 e. The summed E-state index contributed by atoms with van der Waals surface area (Å²) in [5, 5.41) is 3.54. The molecule has 2 heteroatoms. The lowest BCUT2D eigenvalue weighted by atomic mass is 10.0. The summed E-state index contributed by atoms with van der Waals surface area (Å²) < 4.78 is 5.49. The zero-order valence-corrected chi connectivity index (χ0v) is 10.8. The summed E-state index contributed by atoms with van der Waals surface area (Å²) in [6.07, 6.45) is 6.14. The molecule has 0 aliphatic carbocycles. The summed E-state index contributed by atoms with van der Waals surface area (Å²) >= 11 is 0. The first-order chi connectivity index (χ1) is 7.69. The van der Waals surface area contributed by atoms with Crippen LogP contribution in [-0.4, -0.2) is 6.54 Å². The van der Waals surface area contributed by atoms with Gasteiger partial charge in [0.1, 0.15) is 5.76 Å². The Bertz CT molecular complexity index is 334. The number of hydrogen-bond donors (Lipinski definition) is 1. The summed E-state index contributed by atoms with van der Waals surface area (Å²) in [6.45, 7) is 9.60. The fraction of sp³-hybridized carbons (Fsp3) is 0.571. The highest BCUT2D eigenvalue weighted by molar-refractivity contribution is 5.26. The van der Waals surface area contributed by atoms with Crippen molar-refractivity contribution in [1.82, 2.24) is 5.32 Å². The first-order valence-electron chi connectivity index (χ1n) is 6.13. The highest BCUT2D eigenvalue weighted by atomic mass is 16.3. The zero-order valence-electron chi connectivity index (χ0n) is 10.8. The Labute approximate surface area is 98.7 Å². The van der Waals surface area contributed by atoms with Gasteiger partial charge in [0, 0.05) is 12.0 Å². The van der Waals surface area contributed by atoms with Gasteiger partial charge in [-0.15, -0.1) is 0 Å². The topological polar surface area (TPSA) is 25.2 Å². The van der Waals surface area contributed by atoms with Crippen molar-refractivity contribution in [2.24, 2.45) is 0 Å². The third-order valence-corrected chi connectivity index (χ3v) is 2.55. The van der Waals surface area contributed by atoms with E-state index in [2.05, 4.69) is 45.2 Å². The van der Waals surface area contributed by atoms with Gasteiger partial charge in [-0.3, -0.25) is 0 Å². The number of furan rings is 1. The maximum Gasteiger partial charge on any atom is 0.108 e. The highest BCUT2D eigenvalue weighted by Gasteiger charge is 2.13. The molecule has 0 aromatic carbocycles. The lowest BCUT2D eigenvalue weighted by Gasteiger charge is -2.15. The number of hydrogen-bond acceptors (Lipinski definition) is 2. The summed E-state index contributed by atoms with van der Waals surface area (Å²) in [5.41, 5.74) is 2.61. The molecule has 16 heavy (non-hydrogen) atoms. The van der Waals surface area contributed by atoms with Crippen LogP contribution in [0.3, 0.4) is 0 Å². The summed E-state index contributed by atoms with van der Waals surface area (Å²) in [5.74, 6) is 1.09. The molecule has 0 aliphatic heterocycles. The van der Waals surface area contributed by atoms with Crippen LogP contribution in [0.5, 0.6) is 0 Å². The Morgan fingerprint density at radius 3 is 2.75 bits per heavy atom. The molecule has 2 nitrogen and oxygen atoms in total. The van der Waals surface area contributed by atoms with Crippen LogP contribution in [0.4, 0.5) is 0 Å². The van der Waals surface area contributed by atoms with Crippen molar-refractivity contribution in [3.63, 3.8) is 0 Å². The van der Waals surface area contributed by atoms with Crippen molar-refractivity contribution in [3.05, 3.63) is 35.3 Å². The SMILES string of the molecule is CCCNC(C=C(C)C)c1ccoc1CC. The van der Waals surface area contributed by atoms with E-state index in [0.717, 1.165) is 25.1 Å². The third kappa shape index (κ3) is 3.53. The second-order valence-corrected chi connectivity index (χ2v) is 4.33. The fourth-order valence-electron chi connectivity index (χ4n) is 1.81. The highest BCUT2D eigenvalue weighted by Crippen LogP contribution is 2.22. The van der Waals surface area contributed by atoms with Crippen molar-refractivity contribution >= 4 is 0 Å². The van der Waals surface area contributed by atoms with Crippen LogP contribution in [-0.2, 0) is 6.42 Å². The van der Waals surface area contributed by atoms with Crippen molar-refractivity contribution in [1.29, 1.82) is 0 Å². The average Bonchev–Trinajstić information content (AvgIpc) is 2.71. The van der Waals surface area contributed by atoms with Crippen molar-refractivity contribution in [2.75, 3.05) is 6.54 Å². The summed E-state index contributed by atoms with van der Waals surface area (Å²) in [4.78, 5) is 0. The second kappa shape index (κ2) is 6.54. The minimum atomic E-state index is 0.290. The van der Waals surface area contributed by atoms with Crippen LogP contribution >= 0.6 is 0 Å². The standard InChI is InChI=1S/C14H23NO/c1-5-8-15-13(10-11(3)4)12-7-9-16-14(12)6-2/h7,9-10,13,15H,5-6,8H2,1-4H3. The first kappa shape index (κ1) is 13.0. The van der Waals surface area contributed by atoms with Crippen LogP contribution in [0, 0.1) is 0 Å². The number of nitrogens with one attached hydrogen (secondary N) is 1. The molecule has 0 aliphatic rings. The Kier molecular flexibility index (Phi) is 5.33. The first-order valence-corrected chi connectivity index (χ1v) is 6.13. The summed E-state index contributed by atoms with van der Waals surface area (Å²) in [6, 6.07) is 2.37. The van der Waals surface area contributed by atoms with E-state index in [0.29, 0.717) is 6.04 Å². The van der Waals surface area contributed by atoms with Gasteiger partial charge in [-0.25, -0.2) is 0 Å². The molecule has 0 saturated carbocycles. The molecule has 0 radical (unpaired) electrons. The van der Waals surface area contributed by atoms with Gasteiger partial charge in [0.05, 0.1) is 12.3 Å². The predicted molar refractivity (Wildman–Crippen MR) is 68.6 cm³/mol. The molecule has 1 aromatic rings. The fourth-order valence-corrected chi connectivity index (χ4v) is 1.81. The molecule has 0 amide bonds. The van der Waals surface area contributed by atoms with E-state index in [9.17, 15) is 0 Å². The Morgan fingerprint density at radius 2 is 2.19 bits per heavy atom. The summed E-state index contributed by atoms with van der Waals surface area (Å²) in [7, 11) is 0. The van der Waals surface area contributed by atoms with Gasteiger partial charge in [0.25, 0.3) is 0 Å². The van der Waals surface area contributed by atoms with Crippen LogP contribution in [0.2, 0.25) is 0 Å². The van der Waals surface area contributed by atoms with Gasteiger partial charge >= 0.3 is 0 Å². The van der Waals surface area contributed by atoms with Crippen molar-refractivity contribution in [2.45, 2.75) is 46.6 Å². The van der Waals surface area contributed by atoms with Gasteiger partial charge in [-0.2, -0.15) is 0 Å². The zero-order chi connectivity index (χ0) is 12.0. The molecule has 1 rings (SSSR count). The molecular formula is C14H23NO. The Hall–Kier alpha value is -1.02. The molecule has 1 aromatic heterocycles.